The monoisotopic (exact) mass is 395 g/mol. The molecule has 6 nitrogen and oxygen atoms in total. The minimum absolute atomic E-state index is 0.00580. The quantitative estimate of drug-likeness (QED) is 0.611. The van der Waals surface area contributed by atoms with E-state index in [9.17, 15) is 17.6 Å². The molecule has 27 heavy (non-hydrogen) atoms. The van der Waals surface area contributed by atoms with Crippen LogP contribution in [0.5, 0.6) is 5.75 Å². The van der Waals surface area contributed by atoms with Gasteiger partial charge in [0.05, 0.1) is 6.61 Å². The summed E-state index contributed by atoms with van der Waals surface area (Å²) in [5.41, 5.74) is 0.833. The van der Waals surface area contributed by atoms with Crippen LogP contribution in [-0.4, -0.2) is 39.5 Å². The van der Waals surface area contributed by atoms with Crippen molar-refractivity contribution in [1.29, 1.82) is 0 Å². The third-order valence-corrected chi connectivity index (χ3v) is 5.09. The van der Waals surface area contributed by atoms with Crippen molar-refractivity contribution in [2.24, 2.45) is 0 Å². The van der Waals surface area contributed by atoms with Crippen LogP contribution in [0, 0.1) is 5.82 Å². The molecule has 2 aromatic carbocycles. The van der Waals surface area contributed by atoms with Gasteiger partial charge in [-0.3, -0.25) is 4.79 Å². The van der Waals surface area contributed by atoms with Crippen LogP contribution >= 0.6 is 0 Å². The highest BCUT2D eigenvalue weighted by Gasteiger charge is 2.17. The number of halogens is 1. The third kappa shape index (κ3) is 6.04. The van der Waals surface area contributed by atoms with Crippen molar-refractivity contribution in [1.82, 2.24) is 4.90 Å². The van der Waals surface area contributed by atoms with Gasteiger partial charge in [0.15, 0.2) is 0 Å². The second kappa shape index (κ2) is 9.48. The highest BCUT2D eigenvalue weighted by molar-refractivity contribution is 7.87. The SMILES string of the molecule is CCC(=O)N(CCOC)Cc1ccc(OS(=O)(=O)c2ccc(F)cc2)cc1. The maximum absolute atomic E-state index is 12.9. The van der Waals surface area contributed by atoms with E-state index in [0.717, 1.165) is 29.8 Å². The molecule has 0 fully saturated rings. The maximum atomic E-state index is 12.9. The van der Waals surface area contributed by atoms with Gasteiger partial charge < -0.3 is 13.8 Å². The number of amides is 1. The number of methoxy groups -OCH3 is 1. The van der Waals surface area contributed by atoms with E-state index in [1.54, 1.807) is 31.1 Å². The largest absolute Gasteiger partial charge is 0.383 e. The molecule has 8 heteroatoms. The Bertz CT molecular complexity index is 851. The minimum Gasteiger partial charge on any atom is -0.383 e. The molecule has 0 bridgehead atoms. The molecule has 0 saturated heterocycles. The zero-order chi connectivity index (χ0) is 19.9. The molecule has 0 saturated carbocycles. The molecule has 1 amide bonds. The molecular formula is C19H22FNO5S. The third-order valence-electron chi connectivity index (χ3n) is 3.83. The summed E-state index contributed by atoms with van der Waals surface area (Å²) in [7, 11) is -2.47. The molecule has 0 radical (unpaired) electrons. The lowest BCUT2D eigenvalue weighted by molar-refractivity contribution is -0.132. The molecule has 0 unspecified atom stereocenters. The molecule has 0 aromatic heterocycles. The van der Waals surface area contributed by atoms with Crippen molar-refractivity contribution in [2.75, 3.05) is 20.3 Å². The molecule has 0 aliphatic carbocycles. The van der Waals surface area contributed by atoms with Gasteiger partial charge in [-0.05, 0) is 42.0 Å². The number of carbonyl (C=O) groups is 1. The van der Waals surface area contributed by atoms with Crippen LogP contribution in [0.4, 0.5) is 4.39 Å². The van der Waals surface area contributed by atoms with E-state index in [-0.39, 0.29) is 16.6 Å². The fourth-order valence-corrected chi connectivity index (χ4v) is 3.29. The van der Waals surface area contributed by atoms with Crippen LogP contribution < -0.4 is 4.18 Å². The highest BCUT2D eigenvalue weighted by Crippen LogP contribution is 2.20. The van der Waals surface area contributed by atoms with Gasteiger partial charge in [-0.1, -0.05) is 19.1 Å². The van der Waals surface area contributed by atoms with Gasteiger partial charge in [0.2, 0.25) is 5.91 Å². The van der Waals surface area contributed by atoms with Gasteiger partial charge >= 0.3 is 10.1 Å². The molecule has 0 aliphatic rings. The number of ether oxygens (including phenoxy) is 1. The normalized spacial score (nSPS) is 11.2. The molecule has 0 heterocycles. The lowest BCUT2D eigenvalue weighted by atomic mass is 10.2. The van der Waals surface area contributed by atoms with Crippen LogP contribution in [0.1, 0.15) is 18.9 Å². The summed E-state index contributed by atoms with van der Waals surface area (Å²) in [4.78, 5) is 13.5. The highest BCUT2D eigenvalue weighted by atomic mass is 32.2. The zero-order valence-corrected chi connectivity index (χ0v) is 16.0. The fraction of sp³-hybridized carbons (Fsp3) is 0.316. The Morgan fingerprint density at radius 2 is 1.70 bits per heavy atom. The maximum Gasteiger partial charge on any atom is 0.339 e. The smallest absolute Gasteiger partial charge is 0.339 e. The van der Waals surface area contributed by atoms with E-state index < -0.39 is 15.9 Å². The van der Waals surface area contributed by atoms with Crippen molar-refractivity contribution in [3.8, 4) is 5.75 Å². The molecule has 0 N–H and O–H groups in total. The lowest BCUT2D eigenvalue weighted by Crippen LogP contribution is -2.32. The van der Waals surface area contributed by atoms with Crippen LogP contribution in [-0.2, 0) is 26.2 Å². The Labute approximate surface area is 158 Å². The first-order valence-corrected chi connectivity index (χ1v) is 9.82. The predicted octanol–water partition coefficient (Wildman–Crippen LogP) is 2.98. The Morgan fingerprint density at radius 1 is 1.07 bits per heavy atom. The molecule has 2 aromatic rings. The van der Waals surface area contributed by atoms with Crippen molar-refractivity contribution in [3.05, 3.63) is 59.9 Å². The fourth-order valence-electron chi connectivity index (χ4n) is 2.36. The van der Waals surface area contributed by atoms with Gasteiger partial charge in [-0.2, -0.15) is 8.42 Å². The Morgan fingerprint density at radius 3 is 2.26 bits per heavy atom. The van der Waals surface area contributed by atoms with E-state index in [1.165, 1.54) is 12.1 Å². The van der Waals surface area contributed by atoms with Crippen molar-refractivity contribution < 1.29 is 26.5 Å². The Kier molecular flexibility index (Phi) is 7.32. The average Bonchev–Trinajstić information content (AvgIpc) is 2.66. The Balaban J connectivity index is 2.07. The van der Waals surface area contributed by atoms with Crippen LogP contribution in [0.3, 0.4) is 0 Å². The van der Waals surface area contributed by atoms with Gasteiger partial charge in [0.25, 0.3) is 0 Å². The number of nitrogens with zero attached hydrogens (tertiary/aromatic N) is 1. The molecule has 0 atom stereocenters. The first-order valence-electron chi connectivity index (χ1n) is 8.41. The van der Waals surface area contributed by atoms with Crippen molar-refractivity contribution >= 4 is 16.0 Å². The number of rotatable bonds is 9. The minimum atomic E-state index is -4.04. The number of hydrogen-bond acceptors (Lipinski definition) is 5. The molecular weight excluding hydrogens is 373 g/mol. The summed E-state index contributed by atoms with van der Waals surface area (Å²) in [6.07, 6.45) is 0.390. The van der Waals surface area contributed by atoms with Gasteiger partial charge in [-0.15, -0.1) is 0 Å². The van der Waals surface area contributed by atoms with E-state index in [0.29, 0.717) is 26.1 Å². The van der Waals surface area contributed by atoms with E-state index >= 15 is 0 Å². The van der Waals surface area contributed by atoms with Crippen LogP contribution in [0.15, 0.2) is 53.4 Å². The topological polar surface area (TPSA) is 72.9 Å². The Hall–Kier alpha value is -2.45. The van der Waals surface area contributed by atoms with Gasteiger partial charge in [0.1, 0.15) is 16.5 Å². The summed E-state index contributed by atoms with van der Waals surface area (Å²) in [5.74, 6) is -0.391. The first-order chi connectivity index (χ1) is 12.9. The lowest BCUT2D eigenvalue weighted by Gasteiger charge is -2.22. The van der Waals surface area contributed by atoms with Crippen LogP contribution in [0.25, 0.3) is 0 Å². The zero-order valence-electron chi connectivity index (χ0n) is 15.2. The second-order valence-corrected chi connectivity index (χ2v) is 7.34. The standard InChI is InChI=1S/C19H22FNO5S/c1-3-19(22)21(12-13-25-2)14-15-4-8-17(9-5-15)26-27(23,24)18-10-6-16(20)7-11-18/h4-11H,3,12-14H2,1-2H3. The van der Waals surface area contributed by atoms with Crippen molar-refractivity contribution in [3.63, 3.8) is 0 Å². The predicted molar refractivity (Wildman–Crippen MR) is 98.2 cm³/mol. The van der Waals surface area contributed by atoms with Crippen molar-refractivity contribution in [2.45, 2.75) is 24.8 Å². The number of carbonyl (C=O) groups excluding carboxylic acids is 1. The summed E-state index contributed by atoms with van der Waals surface area (Å²) >= 11 is 0. The van der Waals surface area contributed by atoms with Gasteiger partial charge in [0, 0.05) is 26.6 Å². The molecule has 0 spiro atoms. The summed E-state index contributed by atoms with van der Waals surface area (Å²) in [6, 6.07) is 10.8. The van der Waals surface area contributed by atoms with E-state index in [4.69, 9.17) is 8.92 Å². The molecule has 2 rings (SSSR count). The molecule has 0 aliphatic heterocycles. The summed E-state index contributed by atoms with van der Waals surface area (Å²) in [5, 5.41) is 0. The average molecular weight is 395 g/mol. The van der Waals surface area contributed by atoms with E-state index in [2.05, 4.69) is 0 Å². The van der Waals surface area contributed by atoms with Gasteiger partial charge in [-0.25, -0.2) is 4.39 Å². The summed E-state index contributed by atoms with van der Waals surface area (Å²) in [6.45, 7) is 3.09. The second-order valence-electron chi connectivity index (χ2n) is 5.80. The van der Waals surface area contributed by atoms with E-state index in [1.807, 2.05) is 0 Å². The number of benzene rings is 2. The molecule has 146 valence electrons. The summed E-state index contributed by atoms with van der Waals surface area (Å²) < 4.78 is 47.5. The van der Waals surface area contributed by atoms with Crippen LogP contribution in [0.2, 0.25) is 0 Å². The first kappa shape index (κ1) is 20.9. The number of hydrogen-bond donors (Lipinski definition) is 0.